The summed E-state index contributed by atoms with van der Waals surface area (Å²) in [6.45, 7) is 8.84. The molecular formula is C28H40N2O3S. The third-order valence-electron chi connectivity index (χ3n) is 6.71. The average molecular weight is 485 g/mol. The van der Waals surface area contributed by atoms with Gasteiger partial charge in [0, 0.05) is 37.1 Å². The van der Waals surface area contributed by atoms with Crippen molar-refractivity contribution in [3.05, 3.63) is 57.8 Å². The van der Waals surface area contributed by atoms with Crippen LogP contribution in [0.15, 0.2) is 41.8 Å². The number of ether oxygens (including phenoxy) is 1. The summed E-state index contributed by atoms with van der Waals surface area (Å²) in [6.07, 6.45) is 5.42. The smallest absolute Gasteiger partial charge is 0.242 e. The first-order valence-corrected chi connectivity index (χ1v) is 13.8. The van der Waals surface area contributed by atoms with E-state index in [-0.39, 0.29) is 30.3 Å². The lowest BCUT2D eigenvalue weighted by Gasteiger charge is -2.38. The van der Waals surface area contributed by atoms with Crippen molar-refractivity contribution in [2.45, 2.75) is 65.3 Å². The third-order valence-corrected chi connectivity index (χ3v) is 7.70. The zero-order valence-corrected chi connectivity index (χ0v) is 21.8. The van der Waals surface area contributed by atoms with Gasteiger partial charge in [-0.2, -0.15) is 0 Å². The van der Waals surface area contributed by atoms with Crippen LogP contribution >= 0.6 is 11.3 Å². The van der Waals surface area contributed by atoms with E-state index in [1.807, 2.05) is 30.0 Å². The van der Waals surface area contributed by atoms with Gasteiger partial charge in [-0.05, 0) is 55.2 Å². The largest absolute Gasteiger partial charge is 0.382 e. The molecule has 1 aliphatic heterocycles. The van der Waals surface area contributed by atoms with Gasteiger partial charge in [0.05, 0.1) is 12.6 Å². The Morgan fingerprint density at radius 2 is 1.94 bits per heavy atom. The molecule has 6 heteroatoms. The van der Waals surface area contributed by atoms with Gasteiger partial charge in [-0.25, -0.2) is 0 Å². The summed E-state index contributed by atoms with van der Waals surface area (Å²) in [6, 6.07) is 12.3. The van der Waals surface area contributed by atoms with Gasteiger partial charge in [-0.15, -0.1) is 11.3 Å². The second kappa shape index (κ2) is 13.6. The van der Waals surface area contributed by atoms with Crippen molar-refractivity contribution in [1.29, 1.82) is 0 Å². The van der Waals surface area contributed by atoms with E-state index in [1.54, 1.807) is 16.2 Å². The number of nitrogens with zero attached hydrogens (tertiary/aromatic N) is 2. The van der Waals surface area contributed by atoms with Gasteiger partial charge in [0.15, 0.2) is 0 Å². The second-order valence-electron chi connectivity index (χ2n) is 9.01. The van der Waals surface area contributed by atoms with E-state index in [4.69, 9.17) is 4.74 Å². The Kier molecular flexibility index (Phi) is 10.6. The van der Waals surface area contributed by atoms with E-state index in [1.165, 1.54) is 10.4 Å². The molecule has 1 aromatic heterocycles. The van der Waals surface area contributed by atoms with Crippen LogP contribution < -0.4 is 0 Å². The quantitative estimate of drug-likeness (QED) is 0.343. The van der Waals surface area contributed by atoms with Crippen LogP contribution in [0.3, 0.4) is 0 Å². The van der Waals surface area contributed by atoms with Crippen LogP contribution in [0, 0.1) is 5.92 Å². The molecule has 2 aromatic rings. The van der Waals surface area contributed by atoms with Gasteiger partial charge in [0.2, 0.25) is 11.8 Å². The maximum Gasteiger partial charge on any atom is 0.242 e. The molecule has 0 bridgehead atoms. The Labute approximate surface area is 209 Å². The fourth-order valence-electron chi connectivity index (χ4n) is 4.81. The Hall–Kier alpha value is -2.18. The highest BCUT2D eigenvalue weighted by Gasteiger charge is 2.34. The Morgan fingerprint density at radius 1 is 1.15 bits per heavy atom. The van der Waals surface area contributed by atoms with Crippen LogP contribution in [0.2, 0.25) is 0 Å². The van der Waals surface area contributed by atoms with Gasteiger partial charge >= 0.3 is 0 Å². The van der Waals surface area contributed by atoms with Gasteiger partial charge < -0.3 is 14.5 Å². The molecule has 2 atom stereocenters. The topological polar surface area (TPSA) is 49.9 Å². The Balaban J connectivity index is 1.80. The van der Waals surface area contributed by atoms with E-state index >= 15 is 0 Å². The summed E-state index contributed by atoms with van der Waals surface area (Å²) in [5.41, 5.74) is 2.35. The minimum absolute atomic E-state index is 0.0189. The Morgan fingerprint density at radius 3 is 2.65 bits per heavy atom. The molecule has 2 heterocycles. The molecule has 3 rings (SSSR count). The predicted octanol–water partition coefficient (Wildman–Crippen LogP) is 5.69. The molecule has 0 saturated heterocycles. The molecule has 0 N–H and O–H groups in total. The van der Waals surface area contributed by atoms with Crippen LogP contribution in [-0.4, -0.2) is 54.5 Å². The lowest BCUT2D eigenvalue weighted by atomic mass is 9.93. The number of hydrogen-bond donors (Lipinski definition) is 0. The number of fused-ring (bicyclic) bond motifs is 1. The molecule has 0 fully saturated rings. The molecule has 0 unspecified atom stereocenters. The fourth-order valence-corrected chi connectivity index (χ4v) is 5.72. The summed E-state index contributed by atoms with van der Waals surface area (Å²) in [7, 11) is 0. The van der Waals surface area contributed by atoms with Crippen molar-refractivity contribution in [3.63, 3.8) is 0 Å². The molecule has 0 saturated carbocycles. The Bertz CT molecular complexity index is 898. The highest BCUT2D eigenvalue weighted by atomic mass is 32.1. The third kappa shape index (κ3) is 6.70. The first-order chi connectivity index (χ1) is 16.6. The summed E-state index contributed by atoms with van der Waals surface area (Å²) in [5.74, 6) is 0.126. The number of carbonyl (C=O) groups is 2. The molecule has 34 heavy (non-hydrogen) atoms. The molecule has 186 valence electrons. The van der Waals surface area contributed by atoms with Gasteiger partial charge in [-0.1, -0.05) is 57.0 Å². The molecule has 1 aromatic carbocycles. The normalized spacial score (nSPS) is 16.2. The lowest BCUT2D eigenvalue weighted by Crippen LogP contribution is -2.48. The van der Waals surface area contributed by atoms with E-state index in [0.717, 1.165) is 44.1 Å². The van der Waals surface area contributed by atoms with Crippen LogP contribution in [-0.2, 0) is 20.7 Å². The number of unbranched alkanes of at least 4 members (excludes halogenated alkanes) is 1. The van der Waals surface area contributed by atoms with Crippen molar-refractivity contribution >= 4 is 23.2 Å². The average Bonchev–Trinajstić information content (AvgIpc) is 3.35. The van der Waals surface area contributed by atoms with Gasteiger partial charge in [0.25, 0.3) is 0 Å². The van der Waals surface area contributed by atoms with Gasteiger partial charge in [0.1, 0.15) is 0 Å². The van der Waals surface area contributed by atoms with E-state index < -0.39 is 0 Å². The van der Waals surface area contributed by atoms with E-state index in [0.29, 0.717) is 26.3 Å². The first kappa shape index (κ1) is 26.4. The lowest BCUT2D eigenvalue weighted by molar-refractivity contribution is -0.144. The summed E-state index contributed by atoms with van der Waals surface area (Å²) in [4.78, 5) is 32.4. The summed E-state index contributed by atoms with van der Waals surface area (Å²) in [5, 5.41) is 2.12. The van der Waals surface area contributed by atoms with Crippen LogP contribution in [0.4, 0.5) is 0 Å². The highest BCUT2D eigenvalue weighted by molar-refractivity contribution is 7.10. The van der Waals surface area contributed by atoms with Crippen molar-refractivity contribution in [1.82, 2.24) is 9.80 Å². The van der Waals surface area contributed by atoms with Crippen LogP contribution in [0.1, 0.15) is 74.9 Å². The number of hydrogen-bond acceptors (Lipinski definition) is 4. The fraction of sp³-hybridized carbons (Fsp3) is 0.571. The first-order valence-electron chi connectivity index (χ1n) is 12.9. The SMILES string of the molecule is CCCC[C@@H](CC)C(=O)N(CCCOCC)CC(=O)N1CCc2sccc2[C@@H]1c1ccccc1. The maximum absolute atomic E-state index is 13.7. The van der Waals surface area contributed by atoms with Crippen LogP contribution in [0.5, 0.6) is 0 Å². The zero-order valence-electron chi connectivity index (χ0n) is 21.0. The van der Waals surface area contributed by atoms with Crippen LogP contribution in [0.25, 0.3) is 0 Å². The van der Waals surface area contributed by atoms with E-state index in [2.05, 4.69) is 37.4 Å². The molecule has 0 aliphatic carbocycles. The monoisotopic (exact) mass is 484 g/mol. The van der Waals surface area contributed by atoms with Crippen molar-refractivity contribution < 1.29 is 14.3 Å². The standard InChI is InChI=1S/C28H40N2O3S/c1-4-7-12-22(5-2)28(32)29(17-11-19-33-6-3)21-26(31)30-18-15-25-24(16-20-34-25)27(30)23-13-9-8-10-14-23/h8-10,13-14,16,20,22,27H,4-7,11-12,15,17-19,21H2,1-3H3/t22-,27+/m1/s1. The zero-order chi connectivity index (χ0) is 24.3. The van der Waals surface area contributed by atoms with Crippen molar-refractivity contribution in [2.75, 3.05) is 32.8 Å². The molecule has 2 amide bonds. The minimum Gasteiger partial charge on any atom is -0.382 e. The van der Waals surface area contributed by atoms with E-state index in [9.17, 15) is 9.59 Å². The predicted molar refractivity (Wildman–Crippen MR) is 139 cm³/mol. The number of thiophene rings is 1. The van der Waals surface area contributed by atoms with Crippen molar-refractivity contribution in [3.8, 4) is 0 Å². The van der Waals surface area contributed by atoms with Gasteiger partial charge in [-0.3, -0.25) is 9.59 Å². The molecule has 5 nitrogen and oxygen atoms in total. The number of amides is 2. The van der Waals surface area contributed by atoms with Crippen molar-refractivity contribution in [2.24, 2.45) is 5.92 Å². The summed E-state index contributed by atoms with van der Waals surface area (Å²) >= 11 is 1.77. The number of benzene rings is 1. The molecular weight excluding hydrogens is 444 g/mol. The second-order valence-corrected chi connectivity index (χ2v) is 10.0. The number of rotatable bonds is 13. The maximum atomic E-state index is 13.7. The summed E-state index contributed by atoms with van der Waals surface area (Å²) < 4.78 is 5.51. The molecule has 1 aliphatic rings. The minimum atomic E-state index is -0.0915. The highest BCUT2D eigenvalue weighted by Crippen LogP contribution is 2.37. The molecule has 0 radical (unpaired) electrons. The molecule has 0 spiro atoms. The number of carbonyl (C=O) groups excluding carboxylic acids is 2.